The quantitative estimate of drug-likeness (QED) is 0.281. The van der Waals surface area contributed by atoms with E-state index in [1.807, 2.05) is 60.7 Å². The van der Waals surface area contributed by atoms with Gasteiger partial charge < -0.3 is 34.1 Å². The molecule has 3 aromatic carbocycles. The number of ether oxygens (including phenoxy) is 5. The third kappa shape index (κ3) is 8.36. The van der Waals surface area contributed by atoms with Crippen LogP contribution in [0.3, 0.4) is 0 Å². The third-order valence-electron chi connectivity index (χ3n) is 6.16. The summed E-state index contributed by atoms with van der Waals surface area (Å²) in [6.07, 6.45) is -5.41. The first-order valence-corrected chi connectivity index (χ1v) is 12.8. The van der Waals surface area contributed by atoms with Crippen molar-refractivity contribution in [3.8, 4) is 0 Å². The van der Waals surface area contributed by atoms with Crippen LogP contribution in [0.4, 0.5) is 4.79 Å². The number of carbonyl (C=O) groups is 2. The first-order chi connectivity index (χ1) is 19.0. The summed E-state index contributed by atoms with van der Waals surface area (Å²) in [5.74, 6) is -0.629. The average molecular weight is 536 g/mol. The van der Waals surface area contributed by atoms with Gasteiger partial charge in [0.05, 0.1) is 24.9 Å². The molecule has 1 saturated heterocycles. The van der Waals surface area contributed by atoms with Crippen LogP contribution < -0.4 is 5.32 Å². The fraction of sp³-hybridized carbons (Fsp3) is 0.333. The maximum atomic E-state index is 12.8. The molecule has 1 aliphatic heterocycles. The molecule has 9 heteroatoms. The zero-order chi connectivity index (χ0) is 27.5. The molecule has 206 valence electrons. The zero-order valence-electron chi connectivity index (χ0n) is 21.7. The summed E-state index contributed by atoms with van der Waals surface area (Å²) in [5.41, 5.74) is 2.12. The molecule has 5 atom stereocenters. The maximum absolute atomic E-state index is 12.8. The van der Waals surface area contributed by atoms with Crippen molar-refractivity contribution in [2.24, 2.45) is 0 Å². The molecule has 0 unspecified atom stereocenters. The minimum absolute atomic E-state index is 0.0273. The minimum atomic E-state index is -1.22. The first kappa shape index (κ1) is 28.3. The van der Waals surface area contributed by atoms with Gasteiger partial charge in [0, 0.05) is 6.54 Å². The molecule has 0 aliphatic carbocycles. The number of hydrogen-bond acceptors (Lipinski definition) is 8. The molecule has 2 N–H and O–H groups in total. The van der Waals surface area contributed by atoms with Gasteiger partial charge in [-0.1, -0.05) is 78.9 Å². The molecule has 1 heterocycles. The van der Waals surface area contributed by atoms with Gasteiger partial charge in [0.2, 0.25) is 0 Å². The Hall–Kier alpha value is -3.76. The van der Waals surface area contributed by atoms with Crippen LogP contribution in [0.15, 0.2) is 91.0 Å². The van der Waals surface area contributed by atoms with Gasteiger partial charge in [-0.2, -0.15) is 0 Å². The predicted octanol–water partition coefficient (Wildman–Crippen LogP) is 3.85. The van der Waals surface area contributed by atoms with E-state index in [2.05, 4.69) is 5.32 Å². The highest BCUT2D eigenvalue weighted by Crippen LogP contribution is 2.28. The third-order valence-corrected chi connectivity index (χ3v) is 6.16. The number of carbonyl (C=O) groups excluding carboxylic acids is 2. The van der Waals surface area contributed by atoms with Crippen LogP contribution in [0.1, 0.15) is 28.4 Å². The van der Waals surface area contributed by atoms with Crippen LogP contribution in [-0.4, -0.2) is 61.0 Å². The van der Waals surface area contributed by atoms with E-state index in [-0.39, 0.29) is 26.4 Å². The summed E-state index contributed by atoms with van der Waals surface area (Å²) in [6, 6.07) is 27.3. The van der Waals surface area contributed by atoms with Crippen LogP contribution >= 0.6 is 0 Å². The van der Waals surface area contributed by atoms with E-state index in [1.54, 1.807) is 37.3 Å². The Balaban J connectivity index is 1.34. The van der Waals surface area contributed by atoms with Crippen molar-refractivity contribution in [3.05, 3.63) is 108 Å². The largest absolute Gasteiger partial charge is 0.450 e. The molecule has 1 amide bonds. The normalized spacial score (nSPS) is 22.6. The van der Waals surface area contributed by atoms with E-state index in [0.717, 1.165) is 11.1 Å². The predicted molar refractivity (Wildman–Crippen MR) is 142 cm³/mol. The summed E-state index contributed by atoms with van der Waals surface area (Å²) in [5, 5.41) is 13.8. The summed E-state index contributed by atoms with van der Waals surface area (Å²) < 4.78 is 28.6. The second kappa shape index (κ2) is 14.4. The Kier molecular flexibility index (Phi) is 10.4. The van der Waals surface area contributed by atoms with Crippen LogP contribution in [-0.2, 0) is 36.9 Å². The molecule has 0 spiro atoms. The van der Waals surface area contributed by atoms with Gasteiger partial charge in [-0.15, -0.1) is 0 Å². The van der Waals surface area contributed by atoms with Gasteiger partial charge in [0.15, 0.2) is 12.4 Å². The Bertz CT molecular complexity index is 1160. The second-order valence-corrected chi connectivity index (χ2v) is 9.06. The number of aliphatic hydroxyl groups excluding tert-OH is 1. The fourth-order valence-corrected chi connectivity index (χ4v) is 4.12. The van der Waals surface area contributed by atoms with E-state index in [4.69, 9.17) is 23.7 Å². The number of aliphatic hydroxyl groups is 1. The lowest BCUT2D eigenvalue weighted by Gasteiger charge is -2.42. The second-order valence-electron chi connectivity index (χ2n) is 9.06. The molecule has 9 nitrogen and oxygen atoms in total. The van der Waals surface area contributed by atoms with Crippen molar-refractivity contribution in [1.82, 2.24) is 5.32 Å². The molecular formula is C30H33NO8. The molecule has 0 bridgehead atoms. The van der Waals surface area contributed by atoms with Crippen molar-refractivity contribution in [2.45, 2.75) is 50.8 Å². The first-order valence-electron chi connectivity index (χ1n) is 12.8. The molecule has 3 aromatic rings. The smallest absolute Gasteiger partial charge is 0.407 e. The Morgan fingerprint density at radius 2 is 1.41 bits per heavy atom. The van der Waals surface area contributed by atoms with Gasteiger partial charge >= 0.3 is 12.1 Å². The monoisotopic (exact) mass is 535 g/mol. The minimum Gasteiger partial charge on any atom is -0.450 e. The average Bonchev–Trinajstić information content (AvgIpc) is 2.97. The van der Waals surface area contributed by atoms with E-state index in [9.17, 15) is 14.7 Å². The molecule has 1 fully saturated rings. The van der Waals surface area contributed by atoms with E-state index in [0.29, 0.717) is 5.56 Å². The van der Waals surface area contributed by atoms with E-state index < -0.39 is 42.8 Å². The number of rotatable bonds is 11. The van der Waals surface area contributed by atoms with Crippen molar-refractivity contribution in [1.29, 1.82) is 0 Å². The number of amides is 1. The standard InChI is InChI=1S/C30H33NO8/c1-21-26(36-19-22-11-5-2-6-12-22)25(32)27(39-28(33)24-15-9-4-10-16-24)29(38-21)35-18-17-31-30(34)37-20-23-13-7-3-8-14-23/h2-16,21,25-27,29,32H,17-20H2,1H3,(H,31,34)/t21-,25+,26-,27+,29+/m0/s1. The van der Waals surface area contributed by atoms with Gasteiger partial charge in [-0.25, -0.2) is 9.59 Å². The topological polar surface area (TPSA) is 113 Å². The van der Waals surface area contributed by atoms with Crippen molar-refractivity contribution >= 4 is 12.1 Å². The molecule has 0 radical (unpaired) electrons. The van der Waals surface area contributed by atoms with Gasteiger partial charge in [0.25, 0.3) is 0 Å². The summed E-state index contributed by atoms with van der Waals surface area (Å²) in [7, 11) is 0. The molecular weight excluding hydrogens is 502 g/mol. The fourth-order valence-electron chi connectivity index (χ4n) is 4.12. The maximum Gasteiger partial charge on any atom is 0.407 e. The van der Waals surface area contributed by atoms with E-state index in [1.165, 1.54) is 0 Å². The molecule has 39 heavy (non-hydrogen) atoms. The molecule has 4 rings (SSSR count). The molecule has 1 aliphatic rings. The lowest BCUT2D eigenvalue weighted by Crippen LogP contribution is -2.59. The van der Waals surface area contributed by atoms with Crippen molar-refractivity contribution in [3.63, 3.8) is 0 Å². The van der Waals surface area contributed by atoms with E-state index >= 15 is 0 Å². The zero-order valence-corrected chi connectivity index (χ0v) is 21.7. The van der Waals surface area contributed by atoms with Gasteiger partial charge in [-0.3, -0.25) is 0 Å². The molecule has 0 saturated carbocycles. The lowest BCUT2D eigenvalue weighted by atomic mass is 9.99. The summed E-state index contributed by atoms with van der Waals surface area (Å²) >= 11 is 0. The van der Waals surface area contributed by atoms with Crippen LogP contribution in [0.2, 0.25) is 0 Å². The Morgan fingerprint density at radius 1 is 0.821 bits per heavy atom. The highest BCUT2D eigenvalue weighted by Gasteiger charge is 2.47. The SMILES string of the molecule is C[C@@H]1O[C@@H](OCCNC(=O)OCc2ccccc2)[C@H](OC(=O)c2ccccc2)[C@H](O)[C@H]1OCc1ccccc1. The molecule has 0 aromatic heterocycles. The highest BCUT2D eigenvalue weighted by molar-refractivity contribution is 5.89. The lowest BCUT2D eigenvalue weighted by molar-refractivity contribution is -0.299. The number of hydrogen-bond donors (Lipinski definition) is 2. The number of alkyl carbamates (subject to hydrolysis) is 1. The van der Waals surface area contributed by atoms with Gasteiger partial charge in [-0.05, 0) is 30.2 Å². The van der Waals surface area contributed by atoms with Gasteiger partial charge in [0.1, 0.15) is 18.8 Å². The Morgan fingerprint density at radius 3 is 2.05 bits per heavy atom. The number of esters is 1. The van der Waals surface area contributed by atoms with Crippen LogP contribution in [0.5, 0.6) is 0 Å². The highest BCUT2D eigenvalue weighted by atomic mass is 16.7. The summed E-state index contributed by atoms with van der Waals surface area (Å²) in [4.78, 5) is 24.8. The van der Waals surface area contributed by atoms with Crippen LogP contribution in [0, 0.1) is 0 Å². The Labute approximate surface area is 227 Å². The number of nitrogens with one attached hydrogen (secondary N) is 1. The van der Waals surface area contributed by atoms with Crippen molar-refractivity contribution in [2.75, 3.05) is 13.2 Å². The number of benzene rings is 3. The van der Waals surface area contributed by atoms with Crippen molar-refractivity contribution < 1.29 is 38.4 Å². The van der Waals surface area contributed by atoms with Crippen LogP contribution in [0.25, 0.3) is 0 Å². The summed E-state index contributed by atoms with van der Waals surface area (Å²) in [6.45, 7) is 2.29.